The molecule has 0 aliphatic heterocycles. The third kappa shape index (κ3) is 4.02. The van der Waals surface area contributed by atoms with Crippen molar-refractivity contribution in [1.82, 2.24) is 9.97 Å². The van der Waals surface area contributed by atoms with Gasteiger partial charge in [0.25, 0.3) is 5.91 Å². The van der Waals surface area contributed by atoms with Crippen molar-refractivity contribution in [2.75, 3.05) is 30.9 Å². The van der Waals surface area contributed by atoms with Crippen LogP contribution in [0.2, 0.25) is 0 Å². The second-order valence-electron chi connectivity index (χ2n) is 4.91. The SMILES string of the molecule is COCCNc1nccc(C(=O)Nc2c(C)cccc2C)n1. The van der Waals surface area contributed by atoms with Crippen LogP contribution in [0.5, 0.6) is 0 Å². The molecule has 0 aliphatic rings. The summed E-state index contributed by atoms with van der Waals surface area (Å²) in [6.45, 7) is 5.04. The van der Waals surface area contributed by atoms with Gasteiger partial charge in [0.1, 0.15) is 5.69 Å². The van der Waals surface area contributed by atoms with E-state index in [1.54, 1.807) is 19.4 Å². The third-order valence-corrected chi connectivity index (χ3v) is 3.20. The molecule has 0 unspecified atom stereocenters. The van der Waals surface area contributed by atoms with Crippen LogP contribution in [-0.4, -0.2) is 36.1 Å². The molecule has 0 fully saturated rings. The van der Waals surface area contributed by atoms with E-state index >= 15 is 0 Å². The Morgan fingerprint density at radius 1 is 1.23 bits per heavy atom. The van der Waals surface area contributed by atoms with Crippen LogP contribution >= 0.6 is 0 Å². The highest BCUT2D eigenvalue weighted by Gasteiger charge is 2.11. The predicted octanol–water partition coefficient (Wildman–Crippen LogP) is 2.40. The number of carbonyl (C=O) groups excluding carboxylic acids is 1. The van der Waals surface area contributed by atoms with Crippen LogP contribution in [0.3, 0.4) is 0 Å². The molecule has 22 heavy (non-hydrogen) atoms. The maximum Gasteiger partial charge on any atom is 0.274 e. The molecule has 0 aliphatic carbocycles. The molecule has 0 atom stereocenters. The van der Waals surface area contributed by atoms with Gasteiger partial charge < -0.3 is 15.4 Å². The van der Waals surface area contributed by atoms with Gasteiger partial charge in [-0.25, -0.2) is 9.97 Å². The Bertz CT molecular complexity index is 638. The normalized spacial score (nSPS) is 10.3. The smallest absolute Gasteiger partial charge is 0.274 e. The molecule has 2 N–H and O–H groups in total. The van der Waals surface area contributed by atoms with E-state index in [2.05, 4.69) is 20.6 Å². The second kappa shape index (κ2) is 7.51. The van der Waals surface area contributed by atoms with Crippen LogP contribution < -0.4 is 10.6 Å². The zero-order valence-electron chi connectivity index (χ0n) is 13.0. The lowest BCUT2D eigenvalue weighted by Gasteiger charge is -2.11. The summed E-state index contributed by atoms with van der Waals surface area (Å²) in [6.07, 6.45) is 1.56. The topological polar surface area (TPSA) is 76.1 Å². The molecule has 1 heterocycles. The van der Waals surface area contributed by atoms with E-state index in [0.717, 1.165) is 16.8 Å². The first-order valence-electron chi connectivity index (χ1n) is 7.05. The molecule has 6 nitrogen and oxygen atoms in total. The van der Waals surface area contributed by atoms with Crippen molar-refractivity contribution >= 4 is 17.5 Å². The summed E-state index contributed by atoms with van der Waals surface area (Å²) in [5.74, 6) is 0.154. The number of aryl methyl sites for hydroxylation is 2. The van der Waals surface area contributed by atoms with Gasteiger partial charge in [-0.15, -0.1) is 0 Å². The largest absolute Gasteiger partial charge is 0.383 e. The molecule has 0 saturated carbocycles. The fourth-order valence-corrected chi connectivity index (χ4v) is 2.02. The number of benzene rings is 1. The van der Waals surface area contributed by atoms with Gasteiger partial charge in [-0.1, -0.05) is 18.2 Å². The van der Waals surface area contributed by atoms with Crippen molar-refractivity contribution in [3.63, 3.8) is 0 Å². The van der Waals surface area contributed by atoms with Crippen molar-refractivity contribution in [1.29, 1.82) is 0 Å². The number of rotatable bonds is 6. The zero-order valence-corrected chi connectivity index (χ0v) is 13.0. The maximum atomic E-state index is 12.3. The Labute approximate surface area is 129 Å². The number of methoxy groups -OCH3 is 1. The number of hydrogen-bond acceptors (Lipinski definition) is 5. The van der Waals surface area contributed by atoms with Crippen LogP contribution in [0.15, 0.2) is 30.5 Å². The van der Waals surface area contributed by atoms with E-state index in [-0.39, 0.29) is 5.91 Å². The molecule has 0 radical (unpaired) electrons. The van der Waals surface area contributed by atoms with Gasteiger partial charge >= 0.3 is 0 Å². The maximum absolute atomic E-state index is 12.3. The average Bonchev–Trinajstić information content (AvgIpc) is 2.51. The molecule has 0 saturated heterocycles. The van der Waals surface area contributed by atoms with Gasteiger partial charge in [-0.05, 0) is 31.0 Å². The third-order valence-electron chi connectivity index (χ3n) is 3.20. The van der Waals surface area contributed by atoms with Crippen LogP contribution in [0.1, 0.15) is 21.6 Å². The van der Waals surface area contributed by atoms with Crippen LogP contribution in [0.25, 0.3) is 0 Å². The number of anilines is 2. The van der Waals surface area contributed by atoms with Gasteiger partial charge in [-0.3, -0.25) is 4.79 Å². The highest BCUT2D eigenvalue weighted by molar-refractivity contribution is 6.03. The lowest BCUT2D eigenvalue weighted by Crippen LogP contribution is -2.17. The number of amides is 1. The predicted molar refractivity (Wildman–Crippen MR) is 86.3 cm³/mol. The molecule has 1 aromatic carbocycles. The Hall–Kier alpha value is -2.47. The van der Waals surface area contributed by atoms with Crippen molar-refractivity contribution in [2.24, 2.45) is 0 Å². The Morgan fingerprint density at radius 3 is 2.64 bits per heavy atom. The summed E-state index contributed by atoms with van der Waals surface area (Å²) in [7, 11) is 1.62. The summed E-state index contributed by atoms with van der Waals surface area (Å²) < 4.78 is 4.95. The number of aromatic nitrogens is 2. The minimum Gasteiger partial charge on any atom is -0.383 e. The molecule has 1 amide bonds. The highest BCUT2D eigenvalue weighted by Crippen LogP contribution is 2.20. The second-order valence-corrected chi connectivity index (χ2v) is 4.91. The minimum atomic E-state index is -0.255. The first-order chi connectivity index (χ1) is 10.6. The summed E-state index contributed by atoms with van der Waals surface area (Å²) in [4.78, 5) is 20.6. The van der Waals surface area contributed by atoms with E-state index < -0.39 is 0 Å². The molecule has 6 heteroatoms. The Kier molecular flexibility index (Phi) is 5.43. The van der Waals surface area contributed by atoms with E-state index in [1.807, 2.05) is 32.0 Å². The first-order valence-corrected chi connectivity index (χ1v) is 7.05. The number of para-hydroxylation sites is 1. The molecular weight excluding hydrogens is 280 g/mol. The van der Waals surface area contributed by atoms with Gasteiger partial charge in [0.05, 0.1) is 6.61 Å². The Morgan fingerprint density at radius 2 is 1.95 bits per heavy atom. The van der Waals surface area contributed by atoms with Crippen molar-refractivity contribution in [2.45, 2.75) is 13.8 Å². The van der Waals surface area contributed by atoms with Crippen molar-refractivity contribution in [3.8, 4) is 0 Å². The molecule has 0 bridgehead atoms. The van der Waals surface area contributed by atoms with Crippen LogP contribution in [0, 0.1) is 13.8 Å². The van der Waals surface area contributed by atoms with E-state index in [4.69, 9.17) is 4.74 Å². The first kappa shape index (κ1) is 15.9. The zero-order chi connectivity index (χ0) is 15.9. The van der Waals surface area contributed by atoms with Crippen LogP contribution in [0.4, 0.5) is 11.6 Å². The van der Waals surface area contributed by atoms with Gasteiger partial charge in [0, 0.05) is 25.5 Å². The molecule has 1 aromatic heterocycles. The molecule has 2 rings (SSSR count). The summed E-state index contributed by atoms with van der Waals surface area (Å²) >= 11 is 0. The van der Waals surface area contributed by atoms with Gasteiger partial charge in [0.2, 0.25) is 5.95 Å². The van der Waals surface area contributed by atoms with Crippen molar-refractivity contribution < 1.29 is 9.53 Å². The summed E-state index contributed by atoms with van der Waals surface area (Å²) in [6, 6.07) is 7.47. The van der Waals surface area contributed by atoms with E-state index in [9.17, 15) is 4.79 Å². The van der Waals surface area contributed by atoms with Crippen LogP contribution in [-0.2, 0) is 4.74 Å². The summed E-state index contributed by atoms with van der Waals surface area (Å²) in [5.41, 5.74) is 3.17. The minimum absolute atomic E-state index is 0.255. The molecular formula is C16H20N4O2. The number of ether oxygens (including phenoxy) is 1. The number of carbonyl (C=O) groups is 1. The molecule has 116 valence electrons. The highest BCUT2D eigenvalue weighted by atomic mass is 16.5. The molecule has 0 spiro atoms. The van der Waals surface area contributed by atoms with E-state index in [1.165, 1.54) is 0 Å². The lowest BCUT2D eigenvalue weighted by atomic mass is 10.1. The Balaban J connectivity index is 2.11. The monoisotopic (exact) mass is 300 g/mol. The number of nitrogens with one attached hydrogen (secondary N) is 2. The van der Waals surface area contributed by atoms with Crippen molar-refractivity contribution in [3.05, 3.63) is 47.3 Å². The lowest BCUT2D eigenvalue weighted by molar-refractivity contribution is 0.102. The average molecular weight is 300 g/mol. The quantitative estimate of drug-likeness (QED) is 0.801. The number of nitrogens with zero attached hydrogens (tertiary/aromatic N) is 2. The van der Waals surface area contributed by atoms with Gasteiger partial charge in [0.15, 0.2) is 0 Å². The fourth-order valence-electron chi connectivity index (χ4n) is 2.02. The van der Waals surface area contributed by atoms with Gasteiger partial charge in [-0.2, -0.15) is 0 Å². The van der Waals surface area contributed by atoms with E-state index in [0.29, 0.717) is 24.8 Å². The standard InChI is InChI=1S/C16H20N4O2/c1-11-5-4-6-12(2)14(11)20-15(21)13-7-8-17-16(19-13)18-9-10-22-3/h4-8H,9-10H2,1-3H3,(H,20,21)(H,17,18,19). The summed E-state index contributed by atoms with van der Waals surface area (Å²) in [5, 5.41) is 5.91. The fraction of sp³-hybridized carbons (Fsp3) is 0.312. The number of hydrogen-bond donors (Lipinski definition) is 2. The molecule has 2 aromatic rings.